The van der Waals surface area contributed by atoms with Crippen LogP contribution in [0, 0.1) is 6.92 Å². The van der Waals surface area contributed by atoms with Crippen molar-refractivity contribution in [1.29, 1.82) is 0 Å². The van der Waals surface area contributed by atoms with Crippen molar-refractivity contribution in [1.82, 2.24) is 29.5 Å². The Morgan fingerprint density at radius 1 is 1.06 bits per heavy atom. The predicted octanol–water partition coefficient (Wildman–Crippen LogP) is 2.66. The van der Waals surface area contributed by atoms with Crippen molar-refractivity contribution in [3.8, 4) is 11.4 Å². The lowest BCUT2D eigenvalue weighted by Crippen LogP contribution is -2.50. The molecule has 0 N–H and O–H groups in total. The molecule has 0 saturated carbocycles. The summed E-state index contributed by atoms with van der Waals surface area (Å²) in [5, 5.41) is 4.64. The molecule has 34 heavy (non-hydrogen) atoms. The van der Waals surface area contributed by atoms with E-state index in [1.165, 1.54) is 10.9 Å². The third-order valence-corrected chi connectivity index (χ3v) is 6.41. The summed E-state index contributed by atoms with van der Waals surface area (Å²) < 4.78 is 6.91. The van der Waals surface area contributed by atoms with E-state index in [1.54, 1.807) is 11.0 Å². The number of piperazine rings is 1. The van der Waals surface area contributed by atoms with Crippen molar-refractivity contribution >= 4 is 16.8 Å². The third-order valence-electron chi connectivity index (χ3n) is 6.41. The molecule has 5 rings (SSSR count). The fourth-order valence-corrected chi connectivity index (χ4v) is 4.32. The van der Waals surface area contributed by atoms with E-state index in [0.717, 1.165) is 11.1 Å². The molecule has 2 aromatic heterocycles. The highest BCUT2D eigenvalue weighted by molar-refractivity contribution is 5.81. The highest BCUT2D eigenvalue weighted by atomic mass is 16.5. The van der Waals surface area contributed by atoms with Gasteiger partial charge in [-0.3, -0.25) is 19.1 Å². The van der Waals surface area contributed by atoms with Crippen LogP contribution in [-0.4, -0.2) is 61.6 Å². The van der Waals surface area contributed by atoms with Crippen LogP contribution < -0.4 is 5.56 Å². The number of hydrogen-bond acceptors (Lipinski definition) is 7. The van der Waals surface area contributed by atoms with Gasteiger partial charge in [0.05, 0.1) is 23.3 Å². The van der Waals surface area contributed by atoms with E-state index in [2.05, 4.69) is 20.0 Å². The third kappa shape index (κ3) is 4.22. The molecule has 9 heteroatoms. The van der Waals surface area contributed by atoms with E-state index >= 15 is 0 Å². The maximum absolute atomic E-state index is 12.9. The number of nitrogens with zero attached hydrogens (tertiary/aromatic N) is 6. The summed E-state index contributed by atoms with van der Waals surface area (Å²) in [6.07, 6.45) is 1.47. The van der Waals surface area contributed by atoms with Gasteiger partial charge in [-0.1, -0.05) is 47.6 Å². The minimum absolute atomic E-state index is 0.0185. The molecule has 174 valence electrons. The zero-order chi connectivity index (χ0) is 23.7. The van der Waals surface area contributed by atoms with Crippen molar-refractivity contribution in [2.24, 2.45) is 0 Å². The molecule has 3 heterocycles. The summed E-state index contributed by atoms with van der Waals surface area (Å²) in [7, 11) is 0. The Hall–Kier alpha value is -3.85. The molecule has 1 atom stereocenters. The van der Waals surface area contributed by atoms with Gasteiger partial charge in [-0.05, 0) is 25.5 Å². The SMILES string of the molecule is Cc1cccc2c(=O)n(CC(=O)N3CCN(C(C)c4nc(-c5ccccc5)no4)CC3)cnc12. The van der Waals surface area contributed by atoms with Gasteiger partial charge in [0.2, 0.25) is 17.6 Å². The van der Waals surface area contributed by atoms with E-state index in [9.17, 15) is 9.59 Å². The molecule has 9 nitrogen and oxygen atoms in total. The summed E-state index contributed by atoms with van der Waals surface area (Å²) in [6, 6.07) is 15.2. The fraction of sp³-hybridized carbons (Fsp3) is 0.320. The van der Waals surface area contributed by atoms with E-state index in [4.69, 9.17) is 4.52 Å². The number of hydrogen-bond donors (Lipinski definition) is 0. The van der Waals surface area contributed by atoms with Crippen LogP contribution in [0.25, 0.3) is 22.3 Å². The van der Waals surface area contributed by atoms with Crippen LogP contribution in [-0.2, 0) is 11.3 Å². The first-order valence-corrected chi connectivity index (χ1v) is 11.4. The fourth-order valence-electron chi connectivity index (χ4n) is 4.32. The maximum Gasteiger partial charge on any atom is 0.261 e. The quantitative estimate of drug-likeness (QED) is 0.454. The average molecular weight is 459 g/mol. The van der Waals surface area contributed by atoms with Crippen molar-refractivity contribution < 1.29 is 9.32 Å². The molecule has 4 aromatic rings. The molecule has 0 radical (unpaired) electrons. The summed E-state index contributed by atoms with van der Waals surface area (Å²) in [6.45, 7) is 6.43. The second-order valence-corrected chi connectivity index (χ2v) is 8.56. The van der Waals surface area contributed by atoms with Crippen molar-refractivity contribution in [3.63, 3.8) is 0 Å². The number of amides is 1. The van der Waals surface area contributed by atoms with Crippen LogP contribution in [0.15, 0.2) is 64.2 Å². The van der Waals surface area contributed by atoms with Crippen molar-refractivity contribution in [2.45, 2.75) is 26.4 Å². The number of carbonyl (C=O) groups is 1. The number of para-hydroxylation sites is 1. The van der Waals surface area contributed by atoms with Gasteiger partial charge in [0.1, 0.15) is 6.54 Å². The summed E-state index contributed by atoms with van der Waals surface area (Å²) in [5.41, 5.74) is 2.33. The lowest BCUT2D eigenvalue weighted by molar-refractivity contribution is -0.134. The lowest BCUT2D eigenvalue weighted by Gasteiger charge is -2.36. The van der Waals surface area contributed by atoms with Crippen molar-refractivity contribution in [2.75, 3.05) is 26.2 Å². The van der Waals surface area contributed by atoms with E-state index in [0.29, 0.717) is 48.8 Å². The van der Waals surface area contributed by atoms with Gasteiger partial charge >= 0.3 is 0 Å². The van der Waals surface area contributed by atoms with E-state index in [-0.39, 0.29) is 24.1 Å². The van der Waals surface area contributed by atoms with Gasteiger partial charge < -0.3 is 9.42 Å². The molecular formula is C25H26N6O3. The Morgan fingerprint density at radius 2 is 1.82 bits per heavy atom. The Bertz CT molecular complexity index is 1370. The maximum atomic E-state index is 12.9. The first-order chi connectivity index (χ1) is 16.5. The van der Waals surface area contributed by atoms with Gasteiger partial charge in [0.15, 0.2) is 0 Å². The first kappa shape index (κ1) is 22.0. The molecule has 0 bridgehead atoms. The Balaban J connectivity index is 1.21. The molecule has 1 aliphatic heterocycles. The average Bonchev–Trinajstić information content (AvgIpc) is 3.37. The van der Waals surface area contributed by atoms with E-state index < -0.39 is 0 Å². The number of carbonyl (C=O) groups excluding carboxylic acids is 1. The zero-order valence-electron chi connectivity index (χ0n) is 19.2. The second kappa shape index (κ2) is 9.18. The molecule has 1 saturated heterocycles. The molecule has 0 aliphatic carbocycles. The van der Waals surface area contributed by atoms with Gasteiger partial charge in [0.25, 0.3) is 5.56 Å². The van der Waals surface area contributed by atoms with Crippen LogP contribution >= 0.6 is 0 Å². The molecule has 1 amide bonds. The standard InChI is InChI=1S/C25H26N6O3/c1-17-7-6-10-20-22(17)26-16-31(25(20)33)15-21(32)30-13-11-29(12-14-30)18(2)24-27-23(28-34-24)19-8-4-3-5-9-19/h3-10,16,18H,11-15H2,1-2H3. The first-order valence-electron chi connectivity index (χ1n) is 11.4. The van der Waals surface area contributed by atoms with Crippen LogP contribution in [0.2, 0.25) is 0 Å². The molecule has 2 aromatic carbocycles. The number of aromatic nitrogens is 4. The van der Waals surface area contributed by atoms with Gasteiger partial charge in [-0.25, -0.2) is 4.98 Å². The Labute approximate surface area is 196 Å². The topological polar surface area (TPSA) is 97.4 Å². The summed E-state index contributed by atoms with van der Waals surface area (Å²) in [5.74, 6) is 1.04. The molecule has 1 aliphatic rings. The van der Waals surface area contributed by atoms with Crippen LogP contribution in [0.3, 0.4) is 0 Å². The number of rotatable bonds is 5. The largest absolute Gasteiger partial charge is 0.339 e. The lowest BCUT2D eigenvalue weighted by atomic mass is 10.1. The zero-order valence-corrected chi connectivity index (χ0v) is 19.2. The van der Waals surface area contributed by atoms with Crippen LogP contribution in [0.5, 0.6) is 0 Å². The molecular weight excluding hydrogens is 432 g/mol. The van der Waals surface area contributed by atoms with Gasteiger partial charge in [-0.15, -0.1) is 0 Å². The van der Waals surface area contributed by atoms with Crippen LogP contribution in [0.4, 0.5) is 0 Å². The normalized spacial score (nSPS) is 15.5. The molecule has 1 unspecified atom stereocenters. The number of benzene rings is 2. The predicted molar refractivity (Wildman–Crippen MR) is 127 cm³/mol. The minimum atomic E-state index is -0.195. The smallest absolute Gasteiger partial charge is 0.261 e. The number of aryl methyl sites for hydroxylation is 1. The monoisotopic (exact) mass is 458 g/mol. The Morgan fingerprint density at radius 3 is 2.59 bits per heavy atom. The summed E-state index contributed by atoms with van der Waals surface area (Å²) >= 11 is 0. The highest BCUT2D eigenvalue weighted by Gasteiger charge is 2.28. The van der Waals surface area contributed by atoms with Gasteiger partial charge in [0, 0.05) is 31.7 Å². The minimum Gasteiger partial charge on any atom is -0.339 e. The highest BCUT2D eigenvalue weighted by Crippen LogP contribution is 2.23. The molecule has 1 fully saturated rings. The summed E-state index contributed by atoms with van der Waals surface area (Å²) in [4.78, 5) is 38.7. The molecule has 0 spiro atoms. The number of fused-ring (bicyclic) bond motifs is 1. The Kier molecular flexibility index (Phi) is 5.93. The van der Waals surface area contributed by atoms with E-state index in [1.807, 2.05) is 56.3 Å². The second-order valence-electron chi connectivity index (χ2n) is 8.56. The van der Waals surface area contributed by atoms with Crippen molar-refractivity contribution in [3.05, 3.63) is 76.7 Å². The van der Waals surface area contributed by atoms with Crippen LogP contribution in [0.1, 0.15) is 24.4 Å². The van der Waals surface area contributed by atoms with Gasteiger partial charge in [-0.2, -0.15) is 4.98 Å².